The van der Waals surface area contributed by atoms with Crippen LogP contribution in [0.3, 0.4) is 0 Å². The van der Waals surface area contributed by atoms with Gasteiger partial charge < -0.3 is 4.42 Å². The van der Waals surface area contributed by atoms with Crippen LogP contribution in [0.1, 0.15) is 41.1 Å². The quantitative estimate of drug-likeness (QED) is 0.805. The summed E-state index contributed by atoms with van der Waals surface area (Å²) in [6.45, 7) is 7.86. The van der Waals surface area contributed by atoms with Crippen molar-refractivity contribution in [1.82, 2.24) is 15.2 Å². The summed E-state index contributed by atoms with van der Waals surface area (Å²) < 4.78 is 5.46. The van der Waals surface area contributed by atoms with E-state index in [1.807, 2.05) is 27.7 Å². The van der Waals surface area contributed by atoms with Gasteiger partial charge in [-0.05, 0) is 31.9 Å². The molecule has 0 N–H and O–H groups in total. The number of nitriles is 1. The predicted molar refractivity (Wildman–Crippen MR) is 76.4 cm³/mol. The maximum Gasteiger partial charge on any atom is 0.226 e. The van der Waals surface area contributed by atoms with E-state index in [0.29, 0.717) is 23.1 Å². The minimum atomic E-state index is 0.524. The summed E-state index contributed by atoms with van der Waals surface area (Å²) in [5.74, 6) is 1.72. The molecule has 2 heterocycles. The number of thioether (sulfide) groups is 1. The molecule has 104 valence electrons. The van der Waals surface area contributed by atoms with Gasteiger partial charge in [0.05, 0.1) is 11.3 Å². The Kier molecular flexibility index (Phi) is 4.40. The molecule has 2 rings (SSSR count). The highest BCUT2D eigenvalue weighted by Gasteiger charge is 2.14. The Morgan fingerprint density at radius 3 is 2.45 bits per heavy atom. The largest absolute Gasteiger partial charge is 0.424 e. The molecule has 0 unspecified atom stereocenters. The number of aryl methyl sites for hydroxylation is 2. The van der Waals surface area contributed by atoms with E-state index in [1.54, 1.807) is 0 Å². The highest BCUT2D eigenvalue weighted by atomic mass is 32.2. The van der Waals surface area contributed by atoms with Crippen LogP contribution in [0.15, 0.2) is 9.44 Å². The molecule has 6 heteroatoms. The average Bonchev–Trinajstić information content (AvgIpc) is 2.90. The second-order valence-electron chi connectivity index (χ2n) is 4.47. The molecule has 0 bridgehead atoms. The van der Waals surface area contributed by atoms with Gasteiger partial charge in [-0.25, -0.2) is 4.98 Å². The van der Waals surface area contributed by atoms with E-state index in [-0.39, 0.29) is 0 Å². The fourth-order valence-corrected chi connectivity index (χ4v) is 2.69. The molecule has 20 heavy (non-hydrogen) atoms. The molecule has 0 saturated carbocycles. The standard InChI is InChI=1S/C14H16N4OS/c1-5-12-17-18-13(19-12)7-20-14-11(6-15)9(3)8(2)10(4)16-14/h5,7H2,1-4H3. The molecule has 0 atom stereocenters. The van der Waals surface area contributed by atoms with Crippen LogP contribution >= 0.6 is 11.8 Å². The van der Waals surface area contributed by atoms with Gasteiger partial charge in [-0.2, -0.15) is 5.26 Å². The lowest BCUT2D eigenvalue weighted by atomic mass is 10.1. The van der Waals surface area contributed by atoms with Crippen LogP contribution in [-0.4, -0.2) is 15.2 Å². The molecule has 0 aliphatic carbocycles. The SMILES string of the molecule is CCc1nnc(CSc2nc(C)c(C)c(C)c2C#N)o1. The number of nitrogens with zero attached hydrogens (tertiary/aromatic N) is 4. The van der Waals surface area contributed by atoms with E-state index in [0.717, 1.165) is 28.3 Å². The van der Waals surface area contributed by atoms with Crippen molar-refractivity contribution in [2.45, 2.75) is 44.9 Å². The number of hydrogen-bond acceptors (Lipinski definition) is 6. The molecule has 0 amide bonds. The van der Waals surface area contributed by atoms with Gasteiger partial charge in [-0.15, -0.1) is 10.2 Å². The van der Waals surface area contributed by atoms with Crippen molar-refractivity contribution in [3.05, 3.63) is 34.2 Å². The van der Waals surface area contributed by atoms with Crippen molar-refractivity contribution in [3.63, 3.8) is 0 Å². The molecule has 0 aromatic carbocycles. The van der Waals surface area contributed by atoms with Gasteiger partial charge in [-0.1, -0.05) is 18.7 Å². The van der Waals surface area contributed by atoms with E-state index in [2.05, 4.69) is 21.3 Å². The van der Waals surface area contributed by atoms with Crippen LogP contribution < -0.4 is 0 Å². The van der Waals surface area contributed by atoms with Crippen LogP contribution in [-0.2, 0) is 12.2 Å². The van der Waals surface area contributed by atoms with Crippen LogP contribution in [0, 0.1) is 32.1 Å². The summed E-state index contributed by atoms with van der Waals surface area (Å²) in [4.78, 5) is 4.50. The number of pyridine rings is 1. The maximum atomic E-state index is 9.30. The highest BCUT2D eigenvalue weighted by molar-refractivity contribution is 7.98. The number of rotatable bonds is 4. The van der Waals surface area contributed by atoms with Gasteiger partial charge in [0.25, 0.3) is 0 Å². The highest BCUT2D eigenvalue weighted by Crippen LogP contribution is 2.28. The first-order chi connectivity index (χ1) is 9.56. The van der Waals surface area contributed by atoms with E-state index in [1.165, 1.54) is 11.8 Å². The third-order valence-electron chi connectivity index (χ3n) is 3.22. The van der Waals surface area contributed by atoms with Crippen LogP contribution in [0.5, 0.6) is 0 Å². The topological polar surface area (TPSA) is 75.6 Å². The van der Waals surface area contributed by atoms with E-state index < -0.39 is 0 Å². The Balaban J connectivity index is 2.23. The lowest BCUT2D eigenvalue weighted by Gasteiger charge is -2.10. The van der Waals surface area contributed by atoms with Crippen molar-refractivity contribution in [2.24, 2.45) is 0 Å². The Morgan fingerprint density at radius 1 is 1.15 bits per heavy atom. The zero-order valence-electron chi connectivity index (χ0n) is 12.0. The number of aromatic nitrogens is 3. The lowest BCUT2D eigenvalue weighted by molar-refractivity contribution is 0.470. The summed E-state index contributed by atoms with van der Waals surface area (Å²) in [5, 5.41) is 17.9. The molecule has 5 nitrogen and oxygen atoms in total. The Morgan fingerprint density at radius 2 is 1.85 bits per heavy atom. The van der Waals surface area contributed by atoms with Crippen LogP contribution in [0.2, 0.25) is 0 Å². The summed E-state index contributed by atoms with van der Waals surface area (Å²) in [5.41, 5.74) is 3.64. The van der Waals surface area contributed by atoms with Gasteiger partial charge in [0.15, 0.2) is 0 Å². The molecule has 0 aliphatic rings. The van der Waals surface area contributed by atoms with Crippen molar-refractivity contribution >= 4 is 11.8 Å². The molecular weight excluding hydrogens is 272 g/mol. The van der Waals surface area contributed by atoms with Gasteiger partial charge in [0.2, 0.25) is 11.8 Å². The van der Waals surface area contributed by atoms with Crippen molar-refractivity contribution in [2.75, 3.05) is 0 Å². The lowest BCUT2D eigenvalue weighted by Crippen LogP contribution is -1.99. The fourth-order valence-electron chi connectivity index (χ4n) is 1.77. The third kappa shape index (κ3) is 2.83. The molecule has 0 saturated heterocycles. The van der Waals surface area contributed by atoms with Gasteiger partial charge in [0.1, 0.15) is 11.1 Å². The summed E-state index contributed by atoms with van der Waals surface area (Å²) >= 11 is 1.46. The molecule has 0 aliphatic heterocycles. The monoisotopic (exact) mass is 288 g/mol. The van der Waals surface area contributed by atoms with Crippen LogP contribution in [0.25, 0.3) is 0 Å². The average molecular weight is 288 g/mol. The van der Waals surface area contributed by atoms with Crippen molar-refractivity contribution in [1.29, 1.82) is 5.26 Å². The summed E-state index contributed by atoms with van der Waals surface area (Å²) in [6.07, 6.45) is 0.724. The second-order valence-corrected chi connectivity index (χ2v) is 5.43. The van der Waals surface area contributed by atoms with Crippen LogP contribution in [0.4, 0.5) is 0 Å². The van der Waals surface area contributed by atoms with E-state index in [9.17, 15) is 5.26 Å². The minimum Gasteiger partial charge on any atom is -0.424 e. The maximum absolute atomic E-state index is 9.30. The van der Waals surface area contributed by atoms with Gasteiger partial charge >= 0.3 is 0 Å². The normalized spacial score (nSPS) is 10.6. The number of hydrogen-bond donors (Lipinski definition) is 0. The first-order valence-corrected chi connectivity index (χ1v) is 7.37. The summed E-state index contributed by atoms with van der Waals surface area (Å²) in [6, 6.07) is 2.23. The first kappa shape index (κ1) is 14.5. The van der Waals surface area contributed by atoms with E-state index >= 15 is 0 Å². The minimum absolute atomic E-state index is 0.524. The van der Waals surface area contributed by atoms with E-state index in [4.69, 9.17) is 4.42 Å². The molecular formula is C14H16N4OS. The molecule has 0 radical (unpaired) electrons. The zero-order valence-corrected chi connectivity index (χ0v) is 12.8. The predicted octanol–water partition coefficient (Wildman–Crippen LogP) is 3.12. The third-order valence-corrected chi connectivity index (χ3v) is 4.18. The van der Waals surface area contributed by atoms with Crippen molar-refractivity contribution in [3.8, 4) is 6.07 Å². The Bertz CT molecular complexity index is 673. The zero-order chi connectivity index (χ0) is 14.7. The molecule has 0 fully saturated rings. The first-order valence-electron chi connectivity index (χ1n) is 6.38. The smallest absolute Gasteiger partial charge is 0.226 e. The molecule has 2 aromatic rings. The molecule has 2 aromatic heterocycles. The Hall–Kier alpha value is -1.87. The van der Waals surface area contributed by atoms with Crippen molar-refractivity contribution < 1.29 is 4.42 Å². The van der Waals surface area contributed by atoms with Gasteiger partial charge in [0, 0.05) is 12.1 Å². The second kappa shape index (κ2) is 6.06. The Labute approximate surface area is 122 Å². The fraction of sp³-hybridized carbons (Fsp3) is 0.429. The summed E-state index contributed by atoms with van der Waals surface area (Å²) in [7, 11) is 0. The molecule has 0 spiro atoms. The van der Waals surface area contributed by atoms with Gasteiger partial charge in [-0.3, -0.25) is 0 Å².